The molecule has 6 heteroatoms. The van der Waals surface area contributed by atoms with Gasteiger partial charge in [0, 0.05) is 16.1 Å². The summed E-state index contributed by atoms with van der Waals surface area (Å²) in [5.74, 6) is 0.406. The van der Waals surface area contributed by atoms with E-state index in [1.165, 1.54) is 19.3 Å². The van der Waals surface area contributed by atoms with Crippen molar-refractivity contribution in [3.8, 4) is 0 Å². The monoisotopic (exact) mass is 369 g/mol. The Hall–Kier alpha value is -1.14. The SMILES string of the molecule is CC1CCCCC1NC(=S)NNC(=O)c1ccc(Br)cc1. The number of hydrogen-bond donors (Lipinski definition) is 3. The molecule has 0 bridgehead atoms. The van der Waals surface area contributed by atoms with E-state index < -0.39 is 0 Å². The van der Waals surface area contributed by atoms with Gasteiger partial charge in [0.1, 0.15) is 0 Å². The van der Waals surface area contributed by atoms with Crippen molar-refractivity contribution in [1.29, 1.82) is 0 Å². The van der Waals surface area contributed by atoms with Gasteiger partial charge < -0.3 is 5.32 Å². The van der Waals surface area contributed by atoms with Gasteiger partial charge in [-0.05, 0) is 55.2 Å². The molecule has 0 radical (unpaired) electrons. The molecule has 0 heterocycles. The zero-order chi connectivity index (χ0) is 15.2. The topological polar surface area (TPSA) is 53.2 Å². The molecule has 1 fully saturated rings. The molecule has 2 unspecified atom stereocenters. The number of rotatable bonds is 2. The summed E-state index contributed by atoms with van der Waals surface area (Å²) in [7, 11) is 0. The second kappa shape index (κ2) is 7.75. The van der Waals surface area contributed by atoms with Gasteiger partial charge in [0.2, 0.25) is 0 Å². The van der Waals surface area contributed by atoms with Gasteiger partial charge in [0.15, 0.2) is 5.11 Å². The lowest BCUT2D eigenvalue weighted by Crippen LogP contribution is -2.51. The summed E-state index contributed by atoms with van der Waals surface area (Å²) in [6.07, 6.45) is 4.88. The van der Waals surface area contributed by atoms with Crippen molar-refractivity contribution in [3.05, 3.63) is 34.3 Å². The third kappa shape index (κ3) is 4.97. The highest BCUT2D eigenvalue weighted by Crippen LogP contribution is 2.23. The van der Waals surface area contributed by atoms with Crippen LogP contribution in [0.15, 0.2) is 28.7 Å². The fourth-order valence-electron chi connectivity index (χ4n) is 2.52. The number of hydrogen-bond acceptors (Lipinski definition) is 2. The van der Waals surface area contributed by atoms with Crippen LogP contribution in [-0.4, -0.2) is 17.1 Å². The molecule has 2 atom stereocenters. The van der Waals surface area contributed by atoms with E-state index in [1.54, 1.807) is 12.1 Å². The van der Waals surface area contributed by atoms with Gasteiger partial charge in [-0.3, -0.25) is 15.6 Å². The van der Waals surface area contributed by atoms with Crippen molar-refractivity contribution < 1.29 is 4.79 Å². The van der Waals surface area contributed by atoms with Gasteiger partial charge in [-0.1, -0.05) is 35.7 Å². The maximum Gasteiger partial charge on any atom is 0.269 e. The van der Waals surface area contributed by atoms with Crippen LogP contribution in [0.1, 0.15) is 43.0 Å². The van der Waals surface area contributed by atoms with Crippen LogP contribution in [0.3, 0.4) is 0 Å². The first kappa shape index (κ1) is 16.2. The Bertz CT molecular complexity index is 506. The van der Waals surface area contributed by atoms with Crippen molar-refractivity contribution in [2.45, 2.75) is 38.6 Å². The maximum absolute atomic E-state index is 11.9. The molecule has 0 saturated heterocycles. The fraction of sp³-hybridized carbons (Fsp3) is 0.467. The average molecular weight is 370 g/mol. The van der Waals surface area contributed by atoms with Gasteiger partial charge in [-0.2, -0.15) is 0 Å². The number of nitrogens with one attached hydrogen (secondary N) is 3. The summed E-state index contributed by atoms with van der Waals surface area (Å²) >= 11 is 8.57. The second-order valence-corrected chi connectivity index (χ2v) is 6.75. The van der Waals surface area contributed by atoms with Crippen molar-refractivity contribution in [2.75, 3.05) is 0 Å². The molecular weight excluding hydrogens is 350 g/mol. The van der Waals surface area contributed by atoms with E-state index in [9.17, 15) is 4.79 Å². The lowest BCUT2D eigenvalue weighted by Gasteiger charge is -2.30. The Morgan fingerprint density at radius 3 is 2.52 bits per heavy atom. The molecule has 4 nitrogen and oxygen atoms in total. The Labute approximate surface area is 139 Å². The number of thiocarbonyl (C=S) groups is 1. The third-order valence-electron chi connectivity index (χ3n) is 3.82. The molecule has 0 spiro atoms. The zero-order valence-corrected chi connectivity index (χ0v) is 14.4. The molecular formula is C15H20BrN3OS. The normalized spacial score (nSPS) is 21.4. The van der Waals surface area contributed by atoms with E-state index in [0.717, 1.165) is 10.9 Å². The van der Waals surface area contributed by atoms with Crippen LogP contribution in [-0.2, 0) is 0 Å². The summed E-state index contributed by atoms with van der Waals surface area (Å²) in [6.45, 7) is 2.24. The van der Waals surface area contributed by atoms with Crippen LogP contribution in [0.2, 0.25) is 0 Å². The number of carbonyl (C=O) groups is 1. The van der Waals surface area contributed by atoms with Crippen LogP contribution in [0.4, 0.5) is 0 Å². The Kier molecular flexibility index (Phi) is 5.99. The van der Waals surface area contributed by atoms with Crippen LogP contribution in [0, 0.1) is 5.92 Å². The number of benzene rings is 1. The van der Waals surface area contributed by atoms with Gasteiger partial charge >= 0.3 is 0 Å². The lowest BCUT2D eigenvalue weighted by atomic mass is 9.86. The molecule has 2 rings (SSSR count). The van der Waals surface area contributed by atoms with Crippen molar-refractivity contribution >= 4 is 39.2 Å². The fourth-order valence-corrected chi connectivity index (χ4v) is 2.99. The summed E-state index contributed by atoms with van der Waals surface area (Å²) in [4.78, 5) is 11.9. The standard InChI is InChI=1S/C15H20BrN3OS/c1-10-4-2-3-5-13(10)17-15(21)19-18-14(20)11-6-8-12(16)9-7-11/h6-10,13H,2-5H2,1H3,(H,18,20)(H2,17,19,21). The predicted octanol–water partition coefficient (Wildman–Crippen LogP) is 3.14. The summed E-state index contributed by atoms with van der Waals surface area (Å²) in [5.41, 5.74) is 5.97. The molecule has 1 saturated carbocycles. The Morgan fingerprint density at radius 2 is 1.86 bits per heavy atom. The molecule has 1 amide bonds. The van der Waals surface area contributed by atoms with E-state index in [1.807, 2.05) is 12.1 Å². The largest absolute Gasteiger partial charge is 0.358 e. The number of carbonyl (C=O) groups excluding carboxylic acids is 1. The molecule has 0 aliphatic heterocycles. The van der Waals surface area contributed by atoms with E-state index in [-0.39, 0.29) is 5.91 Å². The van der Waals surface area contributed by atoms with Crippen LogP contribution in [0.5, 0.6) is 0 Å². The van der Waals surface area contributed by atoms with Crippen LogP contribution in [0.25, 0.3) is 0 Å². The van der Waals surface area contributed by atoms with Gasteiger partial charge in [-0.25, -0.2) is 0 Å². The smallest absolute Gasteiger partial charge is 0.269 e. The maximum atomic E-state index is 11.9. The van der Waals surface area contributed by atoms with E-state index in [4.69, 9.17) is 12.2 Å². The third-order valence-corrected chi connectivity index (χ3v) is 4.57. The molecule has 0 aromatic heterocycles. The molecule has 1 aliphatic carbocycles. The predicted molar refractivity (Wildman–Crippen MR) is 91.9 cm³/mol. The molecule has 1 aromatic carbocycles. The highest BCUT2D eigenvalue weighted by atomic mass is 79.9. The van der Waals surface area contributed by atoms with Crippen LogP contribution >= 0.6 is 28.1 Å². The minimum atomic E-state index is -0.205. The first-order valence-corrected chi connectivity index (χ1v) is 8.39. The minimum absolute atomic E-state index is 0.205. The number of amides is 1. The quantitative estimate of drug-likeness (QED) is 0.553. The molecule has 114 valence electrons. The summed E-state index contributed by atoms with van der Waals surface area (Å²) in [6, 6.07) is 7.55. The minimum Gasteiger partial charge on any atom is -0.358 e. The summed E-state index contributed by atoms with van der Waals surface area (Å²) in [5, 5.41) is 3.75. The van der Waals surface area contributed by atoms with Gasteiger partial charge in [0.05, 0.1) is 0 Å². The van der Waals surface area contributed by atoms with Crippen molar-refractivity contribution in [3.63, 3.8) is 0 Å². The first-order valence-electron chi connectivity index (χ1n) is 7.18. The van der Waals surface area contributed by atoms with Crippen molar-refractivity contribution in [1.82, 2.24) is 16.2 Å². The second-order valence-electron chi connectivity index (χ2n) is 5.43. The van der Waals surface area contributed by atoms with E-state index in [0.29, 0.717) is 22.6 Å². The first-order chi connectivity index (χ1) is 10.1. The molecule has 3 N–H and O–H groups in total. The zero-order valence-electron chi connectivity index (χ0n) is 12.0. The Balaban J connectivity index is 1.78. The number of halogens is 1. The van der Waals surface area contributed by atoms with Crippen molar-refractivity contribution in [2.24, 2.45) is 5.92 Å². The number of hydrazine groups is 1. The average Bonchev–Trinajstić information content (AvgIpc) is 2.48. The van der Waals surface area contributed by atoms with Gasteiger partial charge in [-0.15, -0.1) is 0 Å². The van der Waals surface area contributed by atoms with Gasteiger partial charge in [0.25, 0.3) is 5.91 Å². The lowest BCUT2D eigenvalue weighted by molar-refractivity contribution is 0.0943. The highest BCUT2D eigenvalue weighted by molar-refractivity contribution is 9.10. The van der Waals surface area contributed by atoms with Crippen LogP contribution < -0.4 is 16.2 Å². The van der Waals surface area contributed by atoms with E-state index >= 15 is 0 Å². The molecule has 1 aliphatic rings. The molecule has 1 aromatic rings. The summed E-state index contributed by atoms with van der Waals surface area (Å²) < 4.78 is 0.940. The highest BCUT2D eigenvalue weighted by Gasteiger charge is 2.21. The molecule has 21 heavy (non-hydrogen) atoms. The van der Waals surface area contributed by atoms with E-state index in [2.05, 4.69) is 39.0 Å². The Morgan fingerprint density at radius 1 is 1.19 bits per heavy atom.